The number of aliphatic hydroxyl groups excluding tert-OH is 1. The van der Waals surface area contributed by atoms with Gasteiger partial charge in [0.1, 0.15) is 12.4 Å². The summed E-state index contributed by atoms with van der Waals surface area (Å²) in [5.74, 6) is 0.984. The van der Waals surface area contributed by atoms with Crippen LogP contribution in [-0.2, 0) is 13.0 Å². The quantitative estimate of drug-likeness (QED) is 0.341. The monoisotopic (exact) mass is 436 g/mol. The van der Waals surface area contributed by atoms with Crippen molar-refractivity contribution in [2.24, 2.45) is 0 Å². The third-order valence-electron chi connectivity index (χ3n) is 5.16. The van der Waals surface area contributed by atoms with Gasteiger partial charge in [-0.2, -0.15) is 0 Å². The zero-order valence-corrected chi connectivity index (χ0v) is 18.2. The van der Waals surface area contributed by atoms with Crippen LogP contribution < -0.4 is 14.8 Å². The Morgan fingerprint density at radius 3 is 2.41 bits per heavy atom. The number of rotatable bonds is 11. The van der Waals surface area contributed by atoms with Gasteiger partial charge < -0.3 is 19.9 Å². The van der Waals surface area contributed by atoms with Crippen LogP contribution >= 0.6 is 0 Å². The number of hydrogen-bond donors (Lipinski definition) is 2. The minimum absolute atomic E-state index is 0.113. The molecule has 168 valence electrons. The summed E-state index contributed by atoms with van der Waals surface area (Å²) in [4.78, 5) is 11.1. The number of benzene rings is 3. The molecule has 0 radical (unpaired) electrons. The first kappa shape index (κ1) is 23.2. The molecule has 32 heavy (non-hydrogen) atoms. The molecule has 2 atom stereocenters. The molecule has 7 heteroatoms. The van der Waals surface area contributed by atoms with Crippen LogP contribution in [0.4, 0.5) is 5.69 Å². The molecule has 3 aromatic rings. The SMILES string of the molecule is COc1ccc(C[C@@H](C)NC[C@H](O)c2ccc(OCc3ccccc3)c([N+](=O)[O-])c2)cc1. The van der Waals surface area contributed by atoms with Crippen LogP contribution in [0.2, 0.25) is 0 Å². The highest BCUT2D eigenvalue weighted by atomic mass is 16.6. The molecular weight excluding hydrogens is 408 g/mol. The van der Waals surface area contributed by atoms with E-state index in [0.29, 0.717) is 5.56 Å². The third-order valence-corrected chi connectivity index (χ3v) is 5.16. The lowest BCUT2D eigenvalue weighted by atomic mass is 10.1. The van der Waals surface area contributed by atoms with Crippen molar-refractivity contribution in [3.63, 3.8) is 0 Å². The van der Waals surface area contributed by atoms with Gasteiger partial charge in [0.25, 0.3) is 0 Å². The maximum atomic E-state index is 11.5. The van der Waals surface area contributed by atoms with E-state index in [0.717, 1.165) is 23.3 Å². The third kappa shape index (κ3) is 6.54. The summed E-state index contributed by atoms with van der Waals surface area (Å²) >= 11 is 0. The number of nitrogens with one attached hydrogen (secondary N) is 1. The number of aliphatic hydroxyl groups is 1. The number of ether oxygens (including phenoxy) is 2. The van der Waals surface area contributed by atoms with Gasteiger partial charge in [0.05, 0.1) is 18.1 Å². The predicted molar refractivity (Wildman–Crippen MR) is 123 cm³/mol. The van der Waals surface area contributed by atoms with Crippen LogP contribution in [0.3, 0.4) is 0 Å². The van der Waals surface area contributed by atoms with E-state index < -0.39 is 11.0 Å². The van der Waals surface area contributed by atoms with Gasteiger partial charge in [-0.25, -0.2) is 0 Å². The van der Waals surface area contributed by atoms with Crippen LogP contribution in [0, 0.1) is 10.1 Å². The fraction of sp³-hybridized carbons (Fsp3) is 0.280. The van der Waals surface area contributed by atoms with Crippen molar-refractivity contribution in [1.82, 2.24) is 5.32 Å². The lowest BCUT2D eigenvalue weighted by molar-refractivity contribution is -0.386. The van der Waals surface area contributed by atoms with Crippen molar-refractivity contribution in [3.8, 4) is 11.5 Å². The van der Waals surface area contributed by atoms with E-state index in [2.05, 4.69) is 5.32 Å². The molecule has 0 aliphatic carbocycles. The van der Waals surface area contributed by atoms with Gasteiger partial charge in [-0.1, -0.05) is 48.5 Å². The first-order valence-electron chi connectivity index (χ1n) is 10.5. The Morgan fingerprint density at radius 2 is 1.75 bits per heavy atom. The fourth-order valence-corrected chi connectivity index (χ4v) is 3.36. The number of nitrogens with zero attached hydrogens (tertiary/aromatic N) is 1. The summed E-state index contributed by atoms with van der Waals surface area (Å²) in [6.45, 7) is 2.53. The molecule has 0 aliphatic heterocycles. The van der Waals surface area contributed by atoms with E-state index in [-0.39, 0.29) is 30.6 Å². The molecular formula is C25H28N2O5. The Morgan fingerprint density at radius 1 is 1.03 bits per heavy atom. The molecule has 0 bridgehead atoms. The molecule has 0 amide bonds. The van der Waals surface area contributed by atoms with E-state index in [4.69, 9.17) is 9.47 Å². The van der Waals surface area contributed by atoms with Crippen molar-refractivity contribution >= 4 is 5.69 Å². The normalized spacial score (nSPS) is 12.7. The van der Waals surface area contributed by atoms with Crippen molar-refractivity contribution in [1.29, 1.82) is 0 Å². The Bertz CT molecular complexity index is 1010. The molecule has 0 saturated heterocycles. The lowest BCUT2D eigenvalue weighted by Gasteiger charge is -2.18. The second-order valence-corrected chi connectivity index (χ2v) is 7.64. The standard InChI is InChI=1S/C25H28N2O5/c1-18(14-19-8-11-22(31-2)12-9-19)26-16-24(28)21-10-13-25(23(15-21)27(29)30)32-17-20-6-4-3-5-7-20/h3-13,15,18,24,26,28H,14,16-17H2,1-2H3/t18-,24+/m1/s1. The van der Waals surface area contributed by atoms with Crippen LogP contribution in [0.5, 0.6) is 11.5 Å². The molecule has 0 heterocycles. The molecule has 0 spiro atoms. The number of nitro benzene ring substituents is 1. The second-order valence-electron chi connectivity index (χ2n) is 7.64. The second kappa shape index (κ2) is 11.3. The van der Waals surface area contributed by atoms with Crippen LogP contribution in [-0.4, -0.2) is 29.7 Å². The Labute approximate surface area is 187 Å². The van der Waals surface area contributed by atoms with Crippen molar-refractivity contribution in [2.75, 3.05) is 13.7 Å². The fourth-order valence-electron chi connectivity index (χ4n) is 3.36. The van der Waals surface area contributed by atoms with E-state index in [1.54, 1.807) is 19.2 Å². The predicted octanol–water partition coefficient (Wildman–Crippen LogP) is 4.44. The van der Waals surface area contributed by atoms with E-state index in [9.17, 15) is 15.2 Å². The molecule has 7 nitrogen and oxygen atoms in total. The number of methoxy groups -OCH3 is 1. The average molecular weight is 437 g/mol. The Hall–Kier alpha value is -3.42. The van der Waals surface area contributed by atoms with Crippen LogP contribution in [0.1, 0.15) is 29.7 Å². The molecule has 0 aliphatic rings. The van der Waals surface area contributed by atoms with Gasteiger partial charge >= 0.3 is 5.69 Å². The van der Waals surface area contributed by atoms with E-state index >= 15 is 0 Å². The molecule has 2 N–H and O–H groups in total. The number of hydrogen-bond acceptors (Lipinski definition) is 6. The molecule has 0 unspecified atom stereocenters. The summed E-state index contributed by atoms with van der Waals surface area (Å²) in [6, 6.07) is 22.0. The molecule has 3 rings (SSSR count). The average Bonchev–Trinajstić information content (AvgIpc) is 2.82. The van der Waals surface area contributed by atoms with Crippen LogP contribution in [0.25, 0.3) is 0 Å². The topological polar surface area (TPSA) is 93.9 Å². The Balaban J connectivity index is 1.58. The van der Waals surface area contributed by atoms with Crippen molar-refractivity contribution in [2.45, 2.75) is 32.1 Å². The summed E-state index contributed by atoms with van der Waals surface area (Å²) in [5.41, 5.74) is 2.37. The minimum Gasteiger partial charge on any atom is -0.497 e. The molecule has 0 fully saturated rings. The van der Waals surface area contributed by atoms with Gasteiger partial charge in [0.2, 0.25) is 0 Å². The molecule has 3 aromatic carbocycles. The summed E-state index contributed by atoms with van der Waals surface area (Å²) in [5, 5.41) is 25.4. The summed E-state index contributed by atoms with van der Waals surface area (Å²) in [6.07, 6.45) is -0.0986. The highest BCUT2D eigenvalue weighted by Gasteiger charge is 2.19. The molecule has 0 aromatic heterocycles. The van der Waals surface area contributed by atoms with Crippen molar-refractivity contribution in [3.05, 3.63) is 99.6 Å². The van der Waals surface area contributed by atoms with Gasteiger partial charge in [-0.15, -0.1) is 0 Å². The summed E-state index contributed by atoms with van der Waals surface area (Å²) in [7, 11) is 1.63. The van der Waals surface area contributed by atoms with Gasteiger partial charge in [0, 0.05) is 18.7 Å². The zero-order valence-electron chi connectivity index (χ0n) is 18.2. The maximum Gasteiger partial charge on any atom is 0.311 e. The summed E-state index contributed by atoms with van der Waals surface area (Å²) < 4.78 is 10.8. The van der Waals surface area contributed by atoms with Gasteiger partial charge in [-0.3, -0.25) is 10.1 Å². The van der Waals surface area contributed by atoms with E-state index in [1.165, 1.54) is 6.07 Å². The van der Waals surface area contributed by atoms with Gasteiger partial charge in [-0.05, 0) is 48.2 Å². The highest BCUT2D eigenvalue weighted by molar-refractivity contribution is 5.49. The first-order valence-corrected chi connectivity index (χ1v) is 10.5. The molecule has 0 saturated carbocycles. The Kier molecular flexibility index (Phi) is 8.19. The van der Waals surface area contributed by atoms with Gasteiger partial charge in [0.15, 0.2) is 5.75 Å². The maximum absolute atomic E-state index is 11.5. The van der Waals surface area contributed by atoms with E-state index in [1.807, 2.05) is 61.5 Å². The highest BCUT2D eigenvalue weighted by Crippen LogP contribution is 2.31. The lowest BCUT2D eigenvalue weighted by Crippen LogP contribution is -2.32. The number of nitro groups is 1. The smallest absolute Gasteiger partial charge is 0.311 e. The van der Waals surface area contributed by atoms with Crippen molar-refractivity contribution < 1.29 is 19.5 Å². The first-order chi connectivity index (χ1) is 15.5. The zero-order chi connectivity index (χ0) is 22.9. The largest absolute Gasteiger partial charge is 0.497 e. The minimum atomic E-state index is -0.879. The van der Waals surface area contributed by atoms with Crippen LogP contribution in [0.15, 0.2) is 72.8 Å².